The number of aromatic hydroxyl groups is 1. The molecule has 0 saturated carbocycles. The third-order valence-corrected chi connectivity index (χ3v) is 3.24. The Hall–Kier alpha value is -1.55. The first kappa shape index (κ1) is 16.5. The van der Waals surface area contributed by atoms with Gasteiger partial charge in [0.15, 0.2) is 0 Å². The van der Waals surface area contributed by atoms with Gasteiger partial charge in [-0.05, 0) is 42.0 Å². The largest absolute Gasteiger partial charge is 0.507 e. The standard InChI is InChI=1S/C16H26N2O2/c1-11-8-12(10-14(19)18-7-5-6-17)9-13(15(11)20)16(2,3)4/h8-9,20H,5-7,10,17H2,1-4H3,(H,18,19). The molecule has 0 bridgehead atoms. The Kier molecular flexibility index (Phi) is 5.57. The van der Waals surface area contributed by atoms with E-state index in [0.717, 1.165) is 23.1 Å². The molecule has 1 rings (SSSR count). The minimum Gasteiger partial charge on any atom is -0.507 e. The lowest BCUT2D eigenvalue weighted by Gasteiger charge is -2.22. The fraction of sp³-hybridized carbons (Fsp3) is 0.562. The summed E-state index contributed by atoms with van der Waals surface area (Å²) in [6, 6.07) is 3.79. The van der Waals surface area contributed by atoms with Crippen LogP contribution >= 0.6 is 0 Å². The number of phenolic OH excluding ortho intramolecular Hbond substituents is 1. The highest BCUT2D eigenvalue weighted by Crippen LogP contribution is 2.34. The fourth-order valence-electron chi connectivity index (χ4n) is 2.11. The first-order chi connectivity index (χ1) is 9.25. The van der Waals surface area contributed by atoms with Gasteiger partial charge in [-0.15, -0.1) is 0 Å². The van der Waals surface area contributed by atoms with E-state index in [-0.39, 0.29) is 11.3 Å². The van der Waals surface area contributed by atoms with Crippen molar-refractivity contribution in [3.05, 3.63) is 28.8 Å². The molecule has 1 aromatic rings. The van der Waals surface area contributed by atoms with Crippen LogP contribution in [-0.2, 0) is 16.6 Å². The summed E-state index contributed by atoms with van der Waals surface area (Å²) < 4.78 is 0. The number of amides is 1. The molecule has 4 heteroatoms. The minimum atomic E-state index is -0.152. The lowest BCUT2D eigenvalue weighted by Crippen LogP contribution is -2.27. The summed E-state index contributed by atoms with van der Waals surface area (Å²) in [5.41, 5.74) is 7.85. The first-order valence-electron chi connectivity index (χ1n) is 7.05. The highest BCUT2D eigenvalue weighted by atomic mass is 16.3. The number of nitrogens with one attached hydrogen (secondary N) is 1. The molecule has 112 valence electrons. The smallest absolute Gasteiger partial charge is 0.224 e. The molecule has 0 aliphatic rings. The van der Waals surface area contributed by atoms with Gasteiger partial charge in [0.05, 0.1) is 6.42 Å². The Labute approximate surface area is 121 Å². The molecule has 4 N–H and O–H groups in total. The van der Waals surface area contributed by atoms with E-state index in [1.54, 1.807) is 0 Å². The quantitative estimate of drug-likeness (QED) is 0.721. The third-order valence-electron chi connectivity index (χ3n) is 3.24. The topological polar surface area (TPSA) is 75.4 Å². The molecule has 0 radical (unpaired) electrons. The second-order valence-electron chi connectivity index (χ2n) is 6.23. The van der Waals surface area contributed by atoms with Crippen molar-refractivity contribution in [2.45, 2.75) is 46.0 Å². The van der Waals surface area contributed by atoms with E-state index in [9.17, 15) is 9.90 Å². The second-order valence-corrected chi connectivity index (χ2v) is 6.23. The van der Waals surface area contributed by atoms with Crippen LogP contribution in [0.2, 0.25) is 0 Å². The van der Waals surface area contributed by atoms with Gasteiger partial charge in [0.1, 0.15) is 5.75 Å². The van der Waals surface area contributed by atoms with Crippen molar-refractivity contribution in [1.29, 1.82) is 0 Å². The van der Waals surface area contributed by atoms with E-state index in [1.165, 1.54) is 0 Å². The van der Waals surface area contributed by atoms with Crippen LogP contribution < -0.4 is 11.1 Å². The molecule has 4 nitrogen and oxygen atoms in total. The van der Waals surface area contributed by atoms with Gasteiger partial charge in [0.2, 0.25) is 5.91 Å². The molecule has 0 spiro atoms. The van der Waals surface area contributed by atoms with Crippen LogP contribution in [0.15, 0.2) is 12.1 Å². The van der Waals surface area contributed by atoms with Crippen LogP contribution in [-0.4, -0.2) is 24.1 Å². The van der Waals surface area contributed by atoms with Gasteiger partial charge in [-0.2, -0.15) is 0 Å². The number of carbonyl (C=O) groups excluding carboxylic acids is 1. The van der Waals surface area contributed by atoms with Crippen LogP contribution in [0.5, 0.6) is 5.75 Å². The Balaban J connectivity index is 2.87. The highest BCUT2D eigenvalue weighted by Gasteiger charge is 2.20. The summed E-state index contributed by atoms with van der Waals surface area (Å²) in [5.74, 6) is 0.313. The van der Waals surface area contributed by atoms with Crippen molar-refractivity contribution in [3.63, 3.8) is 0 Å². The summed E-state index contributed by atoms with van der Waals surface area (Å²) in [6.07, 6.45) is 1.11. The van der Waals surface area contributed by atoms with Gasteiger partial charge in [-0.1, -0.05) is 32.9 Å². The van der Waals surface area contributed by atoms with Gasteiger partial charge < -0.3 is 16.2 Å². The summed E-state index contributed by atoms with van der Waals surface area (Å²) >= 11 is 0. The van der Waals surface area contributed by atoms with E-state index >= 15 is 0 Å². The monoisotopic (exact) mass is 278 g/mol. The highest BCUT2D eigenvalue weighted by molar-refractivity contribution is 5.78. The molecule has 1 aromatic carbocycles. The first-order valence-corrected chi connectivity index (χ1v) is 7.05. The van der Waals surface area contributed by atoms with Gasteiger partial charge in [-0.25, -0.2) is 0 Å². The Morgan fingerprint density at radius 2 is 2.00 bits per heavy atom. The molecule has 1 amide bonds. The predicted octanol–water partition coefficient (Wildman–Crippen LogP) is 2.01. The van der Waals surface area contributed by atoms with Crippen molar-refractivity contribution in [1.82, 2.24) is 5.32 Å². The van der Waals surface area contributed by atoms with Gasteiger partial charge in [-0.3, -0.25) is 4.79 Å². The summed E-state index contributed by atoms with van der Waals surface area (Å²) in [5, 5.41) is 13.0. The molecule has 0 aromatic heterocycles. The zero-order chi connectivity index (χ0) is 15.3. The van der Waals surface area contributed by atoms with Gasteiger partial charge >= 0.3 is 0 Å². The number of hydrogen-bond donors (Lipinski definition) is 3. The predicted molar refractivity (Wildman–Crippen MR) is 81.9 cm³/mol. The number of rotatable bonds is 5. The molecule has 20 heavy (non-hydrogen) atoms. The average Bonchev–Trinajstić information content (AvgIpc) is 2.32. The van der Waals surface area contributed by atoms with E-state index in [1.807, 2.05) is 39.8 Å². The Morgan fingerprint density at radius 3 is 2.55 bits per heavy atom. The number of hydrogen-bond acceptors (Lipinski definition) is 3. The SMILES string of the molecule is Cc1cc(CC(=O)NCCCN)cc(C(C)(C)C)c1O. The van der Waals surface area contributed by atoms with Crippen molar-refractivity contribution in [2.24, 2.45) is 5.73 Å². The number of benzene rings is 1. The molecule has 0 saturated heterocycles. The summed E-state index contributed by atoms with van der Waals surface area (Å²) in [7, 11) is 0. The van der Waals surface area contributed by atoms with E-state index in [4.69, 9.17) is 5.73 Å². The van der Waals surface area contributed by atoms with Crippen LogP contribution in [0.3, 0.4) is 0 Å². The van der Waals surface area contributed by atoms with E-state index in [0.29, 0.717) is 25.3 Å². The number of carbonyl (C=O) groups is 1. The molecule has 0 unspecified atom stereocenters. The molecule has 0 heterocycles. The Bertz CT molecular complexity index is 476. The van der Waals surface area contributed by atoms with Crippen molar-refractivity contribution in [3.8, 4) is 5.75 Å². The van der Waals surface area contributed by atoms with Crippen LogP contribution in [0.4, 0.5) is 0 Å². The molecular weight excluding hydrogens is 252 g/mol. The summed E-state index contributed by atoms with van der Waals surface area (Å²) in [4.78, 5) is 11.8. The van der Waals surface area contributed by atoms with Crippen LogP contribution in [0.1, 0.15) is 43.9 Å². The van der Waals surface area contributed by atoms with E-state index < -0.39 is 0 Å². The van der Waals surface area contributed by atoms with Gasteiger partial charge in [0.25, 0.3) is 0 Å². The fourth-order valence-corrected chi connectivity index (χ4v) is 2.11. The maximum absolute atomic E-state index is 11.8. The molecular formula is C16H26N2O2. The summed E-state index contributed by atoms with van der Waals surface area (Å²) in [6.45, 7) is 9.19. The Morgan fingerprint density at radius 1 is 1.35 bits per heavy atom. The van der Waals surface area contributed by atoms with Crippen molar-refractivity contribution in [2.75, 3.05) is 13.1 Å². The molecule has 0 atom stereocenters. The molecule has 0 aliphatic carbocycles. The molecule has 0 fully saturated rings. The maximum Gasteiger partial charge on any atom is 0.224 e. The maximum atomic E-state index is 11.8. The van der Waals surface area contributed by atoms with Gasteiger partial charge in [0, 0.05) is 6.54 Å². The van der Waals surface area contributed by atoms with E-state index in [2.05, 4.69) is 5.32 Å². The lowest BCUT2D eigenvalue weighted by molar-refractivity contribution is -0.120. The zero-order valence-corrected chi connectivity index (χ0v) is 12.9. The van der Waals surface area contributed by atoms with Crippen molar-refractivity contribution < 1.29 is 9.90 Å². The zero-order valence-electron chi connectivity index (χ0n) is 12.9. The minimum absolute atomic E-state index is 0.0107. The van der Waals surface area contributed by atoms with Crippen LogP contribution in [0.25, 0.3) is 0 Å². The molecule has 0 aliphatic heterocycles. The normalized spacial score (nSPS) is 11.4. The average molecular weight is 278 g/mol. The number of aryl methyl sites for hydroxylation is 1. The number of nitrogens with two attached hydrogens (primary N) is 1. The van der Waals surface area contributed by atoms with Crippen molar-refractivity contribution >= 4 is 5.91 Å². The number of phenols is 1. The van der Waals surface area contributed by atoms with Crippen LogP contribution in [0, 0.1) is 6.92 Å². The third kappa shape index (κ3) is 4.53. The lowest BCUT2D eigenvalue weighted by atomic mass is 9.84. The second kappa shape index (κ2) is 6.75.